The highest BCUT2D eigenvalue weighted by Crippen LogP contribution is 1.94. The van der Waals surface area contributed by atoms with Gasteiger partial charge in [-0.2, -0.15) is 0 Å². The number of hydrogen-bond donors (Lipinski definition) is 1. The van der Waals surface area contributed by atoms with Crippen molar-refractivity contribution in [3.05, 3.63) is 30.1 Å². The van der Waals surface area contributed by atoms with Crippen molar-refractivity contribution in [3.8, 4) is 0 Å². The minimum Gasteiger partial charge on any atom is -0.339 e. The number of amides is 1. The summed E-state index contributed by atoms with van der Waals surface area (Å²) in [6.45, 7) is 0.535. The SMILES string of the molecule is CN(C)CNC(=O)c1cccnc1. The zero-order valence-corrected chi connectivity index (χ0v) is 7.82. The maximum atomic E-state index is 11.4. The van der Waals surface area contributed by atoms with Crippen LogP contribution in [-0.4, -0.2) is 36.6 Å². The molecule has 1 rings (SSSR count). The summed E-state index contributed by atoms with van der Waals surface area (Å²) in [5.74, 6) is -0.0956. The molecule has 0 spiro atoms. The largest absolute Gasteiger partial charge is 0.339 e. The number of carbonyl (C=O) groups excluding carboxylic acids is 1. The van der Waals surface area contributed by atoms with Crippen LogP contribution in [0.5, 0.6) is 0 Å². The summed E-state index contributed by atoms with van der Waals surface area (Å²) in [4.78, 5) is 17.1. The highest BCUT2D eigenvalue weighted by molar-refractivity contribution is 5.93. The van der Waals surface area contributed by atoms with E-state index in [0.717, 1.165) is 0 Å². The van der Waals surface area contributed by atoms with Gasteiger partial charge >= 0.3 is 0 Å². The molecule has 0 fully saturated rings. The molecule has 0 aliphatic heterocycles. The lowest BCUT2D eigenvalue weighted by molar-refractivity contribution is 0.0935. The molecular weight excluding hydrogens is 166 g/mol. The predicted molar refractivity (Wildman–Crippen MR) is 50.3 cm³/mol. The Morgan fingerprint density at radius 3 is 2.92 bits per heavy atom. The Morgan fingerprint density at radius 2 is 2.38 bits per heavy atom. The van der Waals surface area contributed by atoms with Gasteiger partial charge in [-0.3, -0.25) is 14.7 Å². The van der Waals surface area contributed by atoms with E-state index in [1.807, 2.05) is 19.0 Å². The number of carbonyl (C=O) groups is 1. The molecule has 4 heteroatoms. The highest BCUT2D eigenvalue weighted by Gasteiger charge is 2.03. The predicted octanol–water partition coefficient (Wildman–Crippen LogP) is 0.330. The third-order valence-electron chi connectivity index (χ3n) is 1.48. The van der Waals surface area contributed by atoms with Gasteiger partial charge in [0.05, 0.1) is 12.2 Å². The molecule has 1 aromatic heterocycles. The van der Waals surface area contributed by atoms with Crippen LogP contribution < -0.4 is 5.32 Å². The van der Waals surface area contributed by atoms with Crippen molar-refractivity contribution >= 4 is 5.91 Å². The first kappa shape index (κ1) is 9.67. The molecule has 0 bridgehead atoms. The molecule has 0 saturated heterocycles. The molecule has 4 nitrogen and oxygen atoms in total. The van der Waals surface area contributed by atoms with Crippen molar-refractivity contribution in [2.75, 3.05) is 20.8 Å². The first-order valence-corrected chi connectivity index (χ1v) is 4.03. The summed E-state index contributed by atoms with van der Waals surface area (Å²) in [6, 6.07) is 3.47. The van der Waals surface area contributed by atoms with Gasteiger partial charge in [0.2, 0.25) is 0 Å². The van der Waals surface area contributed by atoms with Crippen molar-refractivity contribution < 1.29 is 4.79 Å². The van der Waals surface area contributed by atoms with Crippen molar-refractivity contribution in [2.45, 2.75) is 0 Å². The second kappa shape index (κ2) is 4.57. The number of nitrogens with one attached hydrogen (secondary N) is 1. The first-order valence-electron chi connectivity index (χ1n) is 4.03. The van der Waals surface area contributed by atoms with Crippen LogP contribution in [0.3, 0.4) is 0 Å². The van der Waals surface area contributed by atoms with Crippen LogP contribution >= 0.6 is 0 Å². The smallest absolute Gasteiger partial charge is 0.253 e. The molecule has 0 aliphatic rings. The minimum absolute atomic E-state index is 0.0956. The van der Waals surface area contributed by atoms with E-state index in [9.17, 15) is 4.79 Å². The summed E-state index contributed by atoms with van der Waals surface area (Å²) in [5, 5.41) is 2.75. The van der Waals surface area contributed by atoms with Crippen molar-refractivity contribution in [2.24, 2.45) is 0 Å². The lowest BCUT2D eigenvalue weighted by Gasteiger charge is -2.10. The van der Waals surface area contributed by atoms with E-state index >= 15 is 0 Å². The van der Waals surface area contributed by atoms with E-state index in [-0.39, 0.29) is 5.91 Å². The first-order chi connectivity index (χ1) is 6.20. The summed E-state index contributed by atoms with van der Waals surface area (Å²) in [6.07, 6.45) is 3.19. The fourth-order valence-electron chi connectivity index (χ4n) is 0.829. The Labute approximate surface area is 77.6 Å². The van der Waals surface area contributed by atoms with E-state index in [4.69, 9.17) is 0 Å². The van der Waals surface area contributed by atoms with Crippen LogP contribution in [0.1, 0.15) is 10.4 Å². The van der Waals surface area contributed by atoms with E-state index in [1.165, 1.54) is 0 Å². The molecule has 0 atom stereocenters. The van der Waals surface area contributed by atoms with Gasteiger partial charge in [0, 0.05) is 12.4 Å². The zero-order valence-electron chi connectivity index (χ0n) is 7.82. The molecule has 0 radical (unpaired) electrons. The van der Waals surface area contributed by atoms with Gasteiger partial charge in [-0.25, -0.2) is 0 Å². The number of nitrogens with zero attached hydrogens (tertiary/aromatic N) is 2. The molecule has 1 aromatic rings. The van der Waals surface area contributed by atoms with Crippen molar-refractivity contribution in [1.29, 1.82) is 0 Å². The summed E-state index contributed by atoms with van der Waals surface area (Å²) in [5.41, 5.74) is 0.587. The second-order valence-electron chi connectivity index (χ2n) is 2.99. The van der Waals surface area contributed by atoms with Crippen LogP contribution in [0.4, 0.5) is 0 Å². The van der Waals surface area contributed by atoms with Gasteiger partial charge in [0.1, 0.15) is 0 Å². The van der Waals surface area contributed by atoms with Crippen molar-refractivity contribution in [3.63, 3.8) is 0 Å². The van der Waals surface area contributed by atoms with Gasteiger partial charge in [-0.05, 0) is 26.2 Å². The van der Waals surface area contributed by atoms with Crippen molar-refractivity contribution in [1.82, 2.24) is 15.2 Å². The van der Waals surface area contributed by atoms with Crippen LogP contribution in [0.15, 0.2) is 24.5 Å². The Balaban J connectivity index is 2.50. The number of rotatable bonds is 3. The van der Waals surface area contributed by atoms with Crippen LogP contribution in [0, 0.1) is 0 Å². The van der Waals surface area contributed by atoms with Gasteiger partial charge in [-0.15, -0.1) is 0 Å². The standard InChI is InChI=1S/C9H13N3O/c1-12(2)7-11-9(13)8-4-3-5-10-6-8/h3-6H,7H2,1-2H3,(H,11,13). The Bertz CT molecular complexity index is 271. The molecule has 1 amide bonds. The van der Waals surface area contributed by atoms with Crippen LogP contribution in [0.2, 0.25) is 0 Å². The number of hydrogen-bond acceptors (Lipinski definition) is 3. The quantitative estimate of drug-likeness (QED) is 0.680. The van der Waals surface area contributed by atoms with E-state index in [0.29, 0.717) is 12.2 Å². The molecule has 1 heterocycles. The molecule has 0 unspecified atom stereocenters. The maximum absolute atomic E-state index is 11.4. The highest BCUT2D eigenvalue weighted by atomic mass is 16.1. The molecule has 0 saturated carbocycles. The average molecular weight is 179 g/mol. The third kappa shape index (κ3) is 3.21. The summed E-state index contributed by atoms with van der Waals surface area (Å²) in [7, 11) is 3.78. The fraction of sp³-hybridized carbons (Fsp3) is 0.333. The molecule has 0 aromatic carbocycles. The molecule has 0 aliphatic carbocycles. The maximum Gasteiger partial charge on any atom is 0.253 e. The van der Waals surface area contributed by atoms with E-state index in [1.54, 1.807) is 24.5 Å². The lowest BCUT2D eigenvalue weighted by atomic mass is 10.3. The molecule has 13 heavy (non-hydrogen) atoms. The average Bonchev–Trinajstić information content (AvgIpc) is 2.15. The Morgan fingerprint density at radius 1 is 1.62 bits per heavy atom. The third-order valence-corrected chi connectivity index (χ3v) is 1.48. The van der Waals surface area contributed by atoms with E-state index in [2.05, 4.69) is 10.3 Å². The van der Waals surface area contributed by atoms with Crippen LogP contribution in [0.25, 0.3) is 0 Å². The molecular formula is C9H13N3O. The Kier molecular flexibility index (Phi) is 3.40. The fourth-order valence-corrected chi connectivity index (χ4v) is 0.829. The second-order valence-corrected chi connectivity index (χ2v) is 2.99. The normalized spacial score (nSPS) is 10.1. The van der Waals surface area contributed by atoms with Gasteiger partial charge in [0.25, 0.3) is 5.91 Å². The molecule has 1 N–H and O–H groups in total. The summed E-state index contributed by atoms with van der Waals surface area (Å²) >= 11 is 0. The van der Waals surface area contributed by atoms with Gasteiger partial charge < -0.3 is 5.32 Å². The number of pyridine rings is 1. The Hall–Kier alpha value is -1.42. The minimum atomic E-state index is -0.0956. The summed E-state index contributed by atoms with van der Waals surface area (Å²) < 4.78 is 0. The van der Waals surface area contributed by atoms with E-state index < -0.39 is 0 Å². The monoisotopic (exact) mass is 179 g/mol. The topological polar surface area (TPSA) is 45.2 Å². The lowest BCUT2D eigenvalue weighted by Crippen LogP contribution is -2.33. The van der Waals surface area contributed by atoms with Crippen LogP contribution in [-0.2, 0) is 0 Å². The zero-order chi connectivity index (χ0) is 9.68. The van der Waals surface area contributed by atoms with Gasteiger partial charge in [-0.1, -0.05) is 0 Å². The van der Waals surface area contributed by atoms with Gasteiger partial charge in [0.15, 0.2) is 0 Å². The number of aromatic nitrogens is 1. The molecule has 70 valence electrons.